The minimum absolute atomic E-state index is 0.169. The molecule has 2 aromatic rings. The van der Waals surface area contributed by atoms with E-state index in [-0.39, 0.29) is 12.5 Å². The number of anilines is 1. The van der Waals surface area contributed by atoms with Gasteiger partial charge in [-0.25, -0.2) is 9.97 Å². The molecule has 1 N–H and O–H groups in total. The Bertz CT molecular complexity index is 584. The fourth-order valence-electron chi connectivity index (χ4n) is 1.57. The van der Waals surface area contributed by atoms with Crippen LogP contribution in [0, 0.1) is 6.92 Å². The van der Waals surface area contributed by atoms with Crippen molar-refractivity contribution >= 4 is 27.7 Å². The molecule has 7 nitrogen and oxygen atoms in total. The van der Waals surface area contributed by atoms with Crippen LogP contribution in [-0.2, 0) is 11.3 Å². The van der Waals surface area contributed by atoms with Crippen molar-refractivity contribution in [1.29, 1.82) is 0 Å². The predicted molar refractivity (Wildman–Crippen MR) is 75.9 cm³/mol. The number of carbonyl (C=O) groups is 1. The summed E-state index contributed by atoms with van der Waals surface area (Å²) in [5.74, 6) is 1.55. The van der Waals surface area contributed by atoms with E-state index in [4.69, 9.17) is 4.52 Å². The summed E-state index contributed by atoms with van der Waals surface area (Å²) in [6.07, 6.45) is 3.35. The van der Waals surface area contributed by atoms with E-state index in [1.165, 1.54) is 0 Å². The summed E-state index contributed by atoms with van der Waals surface area (Å²) in [4.78, 5) is 21.9. The van der Waals surface area contributed by atoms with E-state index in [0.29, 0.717) is 23.9 Å². The van der Waals surface area contributed by atoms with Gasteiger partial charge in [0.05, 0.1) is 17.6 Å². The average Bonchev–Trinajstić information content (AvgIpc) is 2.77. The third-order valence-corrected chi connectivity index (χ3v) is 2.80. The number of rotatable bonds is 5. The number of amides is 1. The Kier molecular flexibility index (Phi) is 4.80. The highest BCUT2D eigenvalue weighted by molar-refractivity contribution is 9.10. The first kappa shape index (κ1) is 14.6. The quantitative estimate of drug-likeness (QED) is 0.890. The fraction of sp³-hybridized carbons (Fsp3) is 0.333. The van der Waals surface area contributed by atoms with Crippen LogP contribution in [0.25, 0.3) is 0 Å². The van der Waals surface area contributed by atoms with E-state index in [1.807, 2.05) is 11.9 Å². The van der Waals surface area contributed by atoms with Crippen LogP contribution >= 0.6 is 15.9 Å². The van der Waals surface area contributed by atoms with Crippen molar-refractivity contribution in [2.24, 2.45) is 0 Å². The number of likely N-dealkylation sites (N-methyl/N-ethyl adjacent to an activating group) is 1. The summed E-state index contributed by atoms with van der Waals surface area (Å²) in [5, 5.41) is 6.36. The SMILES string of the molecule is Cc1cc(NC(=O)CN(C)Cc2ncc(Br)cn2)no1. The normalized spacial score (nSPS) is 10.8. The standard InChI is InChI=1S/C12H14BrN5O2/c1-8-3-10(17-20-8)16-12(19)7-18(2)6-11-14-4-9(13)5-15-11/h3-5H,6-7H2,1-2H3,(H,16,17,19). The number of aryl methyl sites for hydroxylation is 1. The molecule has 0 atom stereocenters. The lowest BCUT2D eigenvalue weighted by atomic mass is 10.4. The highest BCUT2D eigenvalue weighted by atomic mass is 79.9. The number of nitrogens with one attached hydrogen (secondary N) is 1. The van der Waals surface area contributed by atoms with Gasteiger partial charge in [0.1, 0.15) is 11.6 Å². The zero-order chi connectivity index (χ0) is 14.5. The number of aromatic nitrogens is 3. The number of nitrogens with zero attached hydrogens (tertiary/aromatic N) is 4. The predicted octanol–water partition coefficient (Wildman–Crippen LogP) is 1.61. The summed E-state index contributed by atoms with van der Waals surface area (Å²) in [6, 6.07) is 1.66. The van der Waals surface area contributed by atoms with Gasteiger partial charge in [-0.3, -0.25) is 9.69 Å². The van der Waals surface area contributed by atoms with E-state index >= 15 is 0 Å². The van der Waals surface area contributed by atoms with Crippen LogP contribution in [0.3, 0.4) is 0 Å². The monoisotopic (exact) mass is 339 g/mol. The summed E-state index contributed by atoms with van der Waals surface area (Å²) in [5.41, 5.74) is 0. The maximum Gasteiger partial charge on any atom is 0.239 e. The lowest BCUT2D eigenvalue weighted by molar-refractivity contribution is -0.117. The molecular weight excluding hydrogens is 326 g/mol. The Morgan fingerprint density at radius 3 is 2.75 bits per heavy atom. The van der Waals surface area contributed by atoms with Crippen LogP contribution < -0.4 is 5.32 Å². The number of halogens is 1. The van der Waals surface area contributed by atoms with Crippen LogP contribution in [0.5, 0.6) is 0 Å². The van der Waals surface area contributed by atoms with Crippen molar-refractivity contribution in [3.05, 3.63) is 34.5 Å². The Hall–Kier alpha value is -1.80. The second-order valence-electron chi connectivity index (χ2n) is 4.36. The lowest BCUT2D eigenvalue weighted by Gasteiger charge is -2.14. The Morgan fingerprint density at radius 1 is 1.45 bits per heavy atom. The summed E-state index contributed by atoms with van der Waals surface area (Å²) in [6.45, 7) is 2.46. The summed E-state index contributed by atoms with van der Waals surface area (Å²) in [7, 11) is 1.82. The van der Waals surface area contributed by atoms with E-state index in [0.717, 1.165) is 4.47 Å². The van der Waals surface area contributed by atoms with Crippen molar-refractivity contribution < 1.29 is 9.32 Å². The first-order valence-corrected chi connectivity index (χ1v) is 6.70. The molecule has 20 heavy (non-hydrogen) atoms. The van der Waals surface area contributed by atoms with Gasteiger partial charge in [-0.1, -0.05) is 5.16 Å². The number of hydrogen-bond acceptors (Lipinski definition) is 6. The van der Waals surface area contributed by atoms with Gasteiger partial charge in [0.2, 0.25) is 5.91 Å². The second kappa shape index (κ2) is 6.58. The smallest absolute Gasteiger partial charge is 0.239 e. The molecule has 0 aliphatic heterocycles. The maximum atomic E-state index is 11.8. The van der Waals surface area contributed by atoms with Gasteiger partial charge in [0.25, 0.3) is 0 Å². The molecule has 2 aromatic heterocycles. The second-order valence-corrected chi connectivity index (χ2v) is 5.28. The molecule has 0 unspecified atom stereocenters. The summed E-state index contributed by atoms with van der Waals surface area (Å²) >= 11 is 3.27. The van der Waals surface area contributed by atoms with Crippen molar-refractivity contribution in [3.63, 3.8) is 0 Å². The van der Waals surface area contributed by atoms with Crippen LogP contribution in [0.2, 0.25) is 0 Å². The zero-order valence-electron chi connectivity index (χ0n) is 11.1. The lowest BCUT2D eigenvalue weighted by Crippen LogP contribution is -2.30. The van der Waals surface area contributed by atoms with E-state index < -0.39 is 0 Å². The van der Waals surface area contributed by atoms with Gasteiger partial charge in [0, 0.05) is 18.5 Å². The molecule has 8 heteroatoms. The maximum absolute atomic E-state index is 11.8. The van der Waals surface area contributed by atoms with Crippen molar-refractivity contribution in [1.82, 2.24) is 20.0 Å². The Morgan fingerprint density at radius 2 is 2.15 bits per heavy atom. The molecule has 1 amide bonds. The molecule has 0 bridgehead atoms. The van der Waals surface area contributed by atoms with Gasteiger partial charge in [-0.05, 0) is 29.9 Å². The topological polar surface area (TPSA) is 84.2 Å². The third-order valence-electron chi connectivity index (χ3n) is 2.39. The van der Waals surface area contributed by atoms with Gasteiger partial charge in [0.15, 0.2) is 5.82 Å². The largest absolute Gasteiger partial charge is 0.360 e. The molecule has 2 heterocycles. The third kappa shape index (κ3) is 4.39. The molecule has 0 aliphatic carbocycles. The van der Waals surface area contributed by atoms with Crippen molar-refractivity contribution in [2.75, 3.05) is 18.9 Å². The van der Waals surface area contributed by atoms with E-state index in [2.05, 4.69) is 36.4 Å². The minimum Gasteiger partial charge on any atom is -0.360 e. The molecular formula is C12H14BrN5O2. The minimum atomic E-state index is -0.169. The summed E-state index contributed by atoms with van der Waals surface area (Å²) < 4.78 is 5.70. The Balaban J connectivity index is 1.83. The first-order chi connectivity index (χ1) is 9.52. The van der Waals surface area contributed by atoms with Crippen molar-refractivity contribution in [2.45, 2.75) is 13.5 Å². The first-order valence-electron chi connectivity index (χ1n) is 5.91. The number of hydrogen-bond donors (Lipinski definition) is 1. The van der Waals surface area contributed by atoms with Gasteiger partial charge < -0.3 is 9.84 Å². The van der Waals surface area contributed by atoms with Gasteiger partial charge >= 0.3 is 0 Å². The molecule has 0 radical (unpaired) electrons. The molecule has 0 saturated heterocycles. The highest BCUT2D eigenvalue weighted by Gasteiger charge is 2.10. The molecule has 106 valence electrons. The van der Waals surface area contributed by atoms with Crippen molar-refractivity contribution in [3.8, 4) is 0 Å². The Labute approximate surface area is 124 Å². The molecule has 0 aliphatic rings. The molecule has 0 aromatic carbocycles. The van der Waals surface area contributed by atoms with Crippen LogP contribution in [-0.4, -0.2) is 39.5 Å². The molecule has 0 fully saturated rings. The molecule has 2 rings (SSSR count). The van der Waals surface area contributed by atoms with E-state index in [9.17, 15) is 4.79 Å². The van der Waals surface area contributed by atoms with E-state index in [1.54, 1.807) is 25.4 Å². The van der Waals surface area contributed by atoms with Gasteiger partial charge in [-0.2, -0.15) is 0 Å². The fourth-order valence-corrected chi connectivity index (χ4v) is 1.78. The van der Waals surface area contributed by atoms with Crippen LogP contribution in [0.1, 0.15) is 11.6 Å². The number of carbonyl (C=O) groups excluding carboxylic acids is 1. The average molecular weight is 340 g/mol. The van der Waals surface area contributed by atoms with Gasteiger partial charge in [-0.15, -0.1) is 0 Å². The highest BCUT2D eigenvalue weighted by Crippen LogP contribution is 2.07. The zero-order valence-corrected chi connectivity index (χ0v) is 12.7. The molecule has 0 saturated carbocycles. The molecule has 0 spiro atoms. The van der Waals surface area contributed by atoms with Crippen LogP contribution in [0.15, 0.2) is 27.5 Å². The van der Waals surface area contributed by atoms with Crippen LogP contribution in [0.4, 0.5) is 5.82 Å².